The molecule has 0 unspecified atom stereocenters. The average Bonchev–Trinajstić information content (AvgIpc) is 3.16. The first kappa shape index (κ1) is 19.2. The Hall–Kier alpha value is -3.18. The first-order chi connectivity index (χ1) is 14.3. The smallest absolute Gasteiger partial charge is 0.129 e. The molecule has 0 aliphatic carbocycles. The number of aromatic nitrogens is 2. The van der Waals surface area contributed by atoms with Crippen molar-refractivity contribution in [3.05, 3.63) is 95.6 Å². The number of H-pyrrole nitrogens is 1. The van der Waals surface area contributed by atoms with Gasteiger partial charge in [-0.2, -0.15) is 0 Å². The number of rotatable bonds is 9. The van der Waals surface area contributed by atoms with Crippen LogP contribution in [0.2, 0.25) is 0 Å². The van der Waals surface area contributed by atoms with Gasteiger partial charge in [0, 0.05) is 24.1 Å². The van der Waals surface area contributed by atoms with Crippen molar-refractivity contribution in [2.75, 3.05) is 6.54 Å². The molecule has 0 atom stereocenters. The number of nitrogens with one attached hydrogen (secondary N) is 2. The molecule has 1 aromatic heterocycles. The number of hydrogen-bond donors (Lipinski definition) is 2. The van der Waals surface area contributed by atoms with Crippen LogP contribution in [-0.4, -0.2) is 16.5 Å². The van der Waals surface area contributed by atoms with Crippen LogP contribution in [0, 0.1) is 5.82 Å². The van der Waals surface area contributed by atoms with Gasteiger partial charge < -0.3 is 15.0 Å². The molecule has 0 bridgehead atoms. The molecule has 1 heterocycles. The largest absolute Gasteiger partial charge is 0.488 e. The number of para-hydroxylation sites is 3. The Morgan fingerprint density at radius 2 is 1.66 bits per heavy atom. The van der Waals surface area contributed by atoms with Crippen molar-refractivity contribution in [1.29, 1.82) is 0 Å². The average molecular weight is 389 g/mol. The number of nitrogens with zero attached hydrogens (tertiary/aromatic N) is 1. The van der Waals surface area contributed by atoms with Gasteiger partial charge in [-0.15, -0.1) is 0 Å². The van der Waals surface area contributed by atoms with Crippen molar-refractivity contribution < 1.29 is 9.13 Å². The molecule has 0 fully saturated rings. The van der Waals surface area contributed by atoms with Crippen LogP contribution >= 0.6 is 0 Å². The van der Waals surface area contributed by atoms with E-state index < -0.39 is 0 Å². The molecule has 29 heavy (non-hydrogen) atoms. The minimum absolute atomic E-state index is 0.218. The van der Waals surface area contributed by atoms with Crippen LogP contribution in [0.1, 0.15) is 23.4 Å². The summed E-state index contributed by atoms with van der Waals surface area (Å²) in [6, 6.07) is 22.6. The van der Waals surface area contributed by atoms with Gasteiger partial charge in [0.05, 0.1) is 11.0 Å². The normalized spacial score (nSPS) is 11.1. The van der Waals surface area contributed by atoms with Crippen LogP contribution in [0.25, 0.3) is 11.0 Å². The highest BCUT2D eigenvalue weighted by Gasteiger charge is 2.06. The summed E-state index contributed by atoms with van der Waals surface area (Å²) in [5, 5.41) is 3.46. The van der Waals surface area contributed by atoms with Crippen LogP contribution in [0.3, 0.4) is 0 Å². The molecule has 0 saturated carbocycles. The SMILES string of the molecule is Fc1ccccc1COc1ccccc1CNCCCc1nc2ccccc2[nH]1. The van der Waals surface area contributed by atoms with E-state index in [1.807, 2.05) is 54.6 Å². The van der Waals surface area contributed by atoms with Gasteiger partial charge in [-0.1, -0.05) is 48.5 Å². The standard InChI is InChI=1S/C24H24FN3O/c25-20-10-3-1-9-19(20)17-29-23-13-6-2-8-18(23)16-26-15-7-14-24-27-21-11-4-5-12-22(21)28-24/h1-6,8-13,26H,7,14-17H2,(H,27,28). The van der Waals surface area contributed by atoms with Gasteiger partial charge in [-0.05, 0) is 37.2 Å². The van der Waals surface area contributed by atoms with E-state index in [1.165, 1.54) is 6.07 Å². The van der Waals surface area contributed by atoms with E-state index >= 15 is 0 Å². The van der Waals surface area contributed by atoms with Gasteiger partial charge in [0.2, 0.25) is 0 Å². The van der Waals surface area contributed by atoms with E-state index in [9.17, 15) is 4.39 Å². The van der Waals surface area contributed by atoms with E-state index in [4.69, 9.17) is 4.74 Å². The number of ether oxygens (including phenoxy) is 1. The van der Waals surface area contributed by atoms with Gasteiger partial charge in [-0.3, -0.25) is 0 Å². The molecule has 5 heteroatoms. The zero-order valence-corrected chi connectivity index (χ0v) is 16.2. The van der Waals surface area contributed by atoms with E-state index in [0.717, 1.165) is 47.6 Å². The second-order valence-corrected chi connectivity index (χ2v) is 6.97. The summed E-state index contributed by atoms with van der Waals surface area (Å²) in [5.41, 5.74) is 3.71. The second kappa shape index (κ2) is 9.34. The predicted molar refractivity (Wildman–Crippen MR) is 113 cm³/mol. The number of imidazole rings is 1. The fraction of sp³-hybridized carbons (Fsp3) is 0.208. The lowest BCUT2D eigenvalue weighted by Crippen LogP contribution is -2.16. The maximum Gasteiger partial charge on any atom is 0.129 e. The number of aromatic amines is 1. The van der Waals surface area contributed by atoms with Crippen molar-refractivity contribution in [1.82, 2.24) is 15.3 Å². The van der Waals surface area contributed by atoms with Gasteiger partial charge in [0.25, 0.3) is 0 Å². The van der Waals surface area contributed by atoms with Crippen LogP contribution in [-0.2, 0) is 19.6 Å². The summed E-state index contributed by atoms with van der Waals surface area (Å²) in [6.45, 7) is 1.79. The highest BCUT2D eigenvalue weighted by atomic mass is 19.1. The quantitative estimate of drug-likeness (QED) is 0.396. The Morgan fingerprint density at radius 1 is 0.897 bits per heavy atom. The summed E-state index contributed by atoms with van der Waals surface area (Å²) >= 11 is 0. The molecule has 0 amide bonds. The molecular formula is C24H24FN3O. The fourth-order valence-electron chi connectivity index (χ4n) is 3.29. The molecule has 4 rings (SSSR count). The summed E-state index contributed by atoms with van der Waals surface area (Å²) in [7, 11) is 0. The Morgan fingerprint density at radius 3 is 2.52 bits per heavy atom. The zero-order valence-electron chi connectivity index (χ0n) is 16.2. The number of hydrogen-bond acceptors (Lipinski definition) is 3. The van der Waals surface area contributed by atoms with Crippen LogP contribution in [0.4, 0.5) is 4.39 Å². The summed E-state index contributed by atoms with van der Waals surface area (Å²) in [5.74, 6) is 1.55. The van der Waals surface area contributed by atoms with E-state index in [0.29, 0.717) is 12.1 Å². The molecule has 4 nitrogen and oxygen atoms in total. The Bertz CT molecular complexity index is 1040. The molecular weight excluding hydrogens is 365 g/mol. The summed E-state index contributed by atoms with van der Waals surface area (Å²) < 4.78 is 19.7. The highest BCUT2D eigenvalue weighted by Crippen LogP contribution is 2.20. The van der Waals surface area contributed by atoms with Crippen molar-refractivity contribution in [2.24, 2.45) is 0 Å². The number of halogens is 1. The lowest BCUT2D eigenvalue weighted by molar-refractivity contribution is 0.296. The maximum atomic E-state index is 13.8. The molecule has 0 aliphatic heterocycles. The third kappa shape index (κ3) is 5.00. The van der Waals surface area contributed by atoms with Crippen LogP contribution in [0.5, 0.6) is 5.75 Å². The summed E-state index contributed by atoms with van der Waals surface area (Å²) in [4.78, 5) is 7.97. The van der Waals surface area contributed by atoms with Gasteiger partial charge in [0.15, 0.2) is 0 Å². The second-order valence-electron chi connectivity index (χ2n) is 6.97. The van der Waals surface area contributed by atoms with E-state index in [1.54, 1.807) is 12.1 Å². The monoisotopic (exact) mass is 389 g/mol. The number of fused-ring (bicyclic) bond motifs is 1. The first-order valence-corrected chi connectivity index (χ1v) is 9.88. The summed E-state index contributed by atoms with van der Waals surface area (Å²) in [6.07, 6.45) is 1.88. The lowest BCUT2D eigenvalue weighted by atomic mass is 10.2. The first-order valence-electron chi connectivity index (χ1n) is 9.88. The van der Waals surface area contributed by atoms with Crippen LogP contribution in [0.15, 0.2) is 72.8 Å². The maximum absolute atomic E-state index is 13.8. The Kier molecular flexibility index (Phi) is 6.17. The number of aryl methyl sites for hydroxylation is 1. The molecule has 0 aliphatic rings. The van der Waals surface area contributed by atoms with Crippen molar-refractivity contribution in [3.8, 4) is 5.75 Å². The van der Waals surface area contributed by atoms with Crippen molar-refractivity contribution in [3.63, 3.8) is 0 Å². The lowest BCUT2D eigenvalue weighted by Gasteiger charge is -2.12. The zero-order chi connectivity index (χ0) is 19.9. The topological polar surface area (TPSA) is 49.9 Å². The van der Waals surface area contributed by atoms with Crippen LogP contribution < -0.4 is 10.1 Å². The van der Waals surface area contributed by atoms with Crippen molar-refractivity contribution >= 4 is 11.0 Å². The molecule has 0 saturated heterocycles. The van der Waals surface area contributed by atoms with Gasteiger partial charge in [0.1, 0.15) is 24.0 Å². The fourth-order valence-corrected chi connectivity index (χ4v) is 3.29. The van der Waals surface area contributed by atoms with Gasteiger partial charge in [-0.25, -0.2) is 9.37 Å². The molecule has 148 valence electrons. The third-order valence-corrected chi connectivity index (χ3v) is 4.83. The van der Waals surface area contributed by atoms with E-state index in [2.05, 4.69) is 15.3 Å². The third-order valence-electron chi connectivity index (χ3n) is 4.83. The minimum atomic E-state index is -0.242. The Balaban J connectivity index is 1.26. The Labute approximate surface area is 169 Å². The van der Waals surface area contributed by atoms with Gasteiger partial charge >= 0.3 is 0 Å². The molecule has 4 aromatic rings. The minimum Gasteiger partial charge on any atom is -0.488 e. The molecule has 0 spiro atoms. The molecule has 3 aromatic carbocycles. The predicted octanol–water partition coefficient (Wildman–Crippen LogP) is 5.00. The highest BCUT2D eigenvalue weighted by molar-refractivity contribution is 5.74. The molecule has 0 radical (unpaired) electrons. The molecule has 2 N–H and O–H groups in total. The van der Waals surface area contributed by atoms with E-state index in [-0.39, 0.29) is 12.4 Å². The van der Waals surface area contributed by atoms with Crippen molar-refractivity contribution in [2.45, 2.75) is 26.0 Å². The number of benzene rings is 3.